The summed E-state index contributed by atoms with van der Waals surface area (Å²) in [6, 6.07) is 4.74. The van der Waals surface area contributed by atoms with Gasteiger partial charge >= 0.3 is 17.8 Å². The number of carbonyl (C=O) groups is 3. The van der Waals surface area contributed by atoms with Crippen LogP contribution in [0, 0.1) is 6.92 Å². The number of methoxy groups -OCH3 is 1. The van der Waals surface area contributed by atoms with Crippen molar-refractivity contribution in [1.82, 2.24) is 0 Å². The smallest absolute Gasteiger partial charge is 0.397 e. The van der Waals surface area contributed by atoms with Crippen LogP contribution in [-0.2, 0) is 19.1 Å². The largest absolute Gasteiger partial charge is 0.465 e. The first-order valence-electron chi connectivity index (χ1n) is 5.67. The molecule has 0 aromatic heterocycles. The summed E-state index contributed by atoms with van der Waals surface area (Å²) >= 11 is 0. The second-order valence-electron chi connectivity index (χ2n) is 3.64. The van der Waals surface area contributed by atoms with Crippen molar-refractivity contribution in [2.24, 2.45) is 0 Å². The van der Waals surface area contributed by atoms with Crippen LogP contribution in [0.2, 0.25) is 0 Å². The molecule has 0 saturated heterocycles. The lowest BCUT2D eigenvalue weighted by atomic mass is 10.1. The second-order valence-corrected chi connectivity index (χ2v) is 3.64. The van der Waals surface area contributed by atoms with Gasteiger partial charge in [0.15, 0.2) is 0 Å². The molecule has 1 rings (SSSR count). The molecule has 0 spiro atoms. The number of amides is 1. The van der Waals surface area contributed by atoms with E-state index in [-0.39, 0.29) is 6.61 Å². The lowest BCUT2D eigenvalue weighted by molar-refractivity contribution is -0.152. The van der Waals surface area contributed by atoms with Crippen LogP contribution in [0.4, 0.5) is 5.69 Å². The summed E-state index contributed by atoms with van der Waals surface area (Å²) in [6.07, 6.45) is 0. The van der Waals surface area contributed by atoms with E-state index in [1.54, 1.807) is 32.0 Å². The minimum absolute atomic E-state index is 0.118. The predicted octanol–water partition coefficient (Wildman–Crippen LogP) is 1.28. The fourth-order valence-corrected chi connectivity index (χ4v) is 1.47. The molecule has 1 aromatic rings. The fourth-order valence-electron chi connectivity index (χ4n) is 1.47. The van der Waals surface area contributed by atoms with E-state index in [2.05, 4.69) is 14.8 Å². The Kier molecular flexibility index (Phi) is 5.05. The number of hydrogen-bond acceptors (Lipinski definition) is 5. The molecule has 102 valence electrons. The quantitative estimate of drug-likeness (QED) is 0.657. The van der Waals surface area contributed by atoms with Gasteiger partial charge in [0.2, 0.25) is 0 Å². The molecule has 6 heteroatoms. The van der Waals surface area contributed by atoms with Crippen LogP contribution in [0.1, 0.15) is 22.8 Å². The van der Waals surface area contributed by atoms with Gasteiger partial charge in [-0.1, -0.05) is 6.07 Å². The number of ether oxygens (including phenoxy) is 2. The highest BCUT2D eigenvalue weighted by Gasteiger charge is 2.18. The van der Waals surface area contributed by atoms with Crippen molar-refractivity contribution in [3.8, 4) is 0 Å². The van der Waals surface area contributed by atoms with Crippen LogP contribution in [-0.4, -0.2) is 31.6 Å². The van der Waals surface area contributed by atoms with Crippen molar-refractivity contribution in [2.45, 2.75) is 13.8 Å². The fraction of sp³-hybridized carbons (Fsp3) is 0.308. The van der Waals surface area contributed by atoms with E-state index >= 15 is 0 Å². The number of anilines is 1. The highest BCUT2D eigenvalue weighted by atomic mass is 16.5. The van der Waals surface area contributed by atoms with Gasteiger partial charge in [-0.2, -0.15) is 0 Å². The van der Waals surface area contributed by atoms with E-state index in [4.69, 9.17) is 0 Å². The molecule has 0 saturated carbocycles. The van der Waals surface area contributed by atoms with Gasteiger partial charge in [0.1, 0.15) is 0 Å². The molecule has 0 aliphatic heterocycles. The minimum Gasteiger partial charge on any atom is -0.465 e. The van der Waals surface area contributed by atoms with Crippen molar-refractivity contribution in [3.05, 3.63) is 29.3 Å². The molecule has 1 N–H and O–H groups in total. The van der Waals surface area contributed by atoms with Gasteiger partial charge in [0.05, 0.1) is 19.3 Å². The Morgan fingerprint density at radius 2 is 1.95 bits per heavy atom. The van der Waals surface area contributed by atoms with Crippen LogP contribution >= 0.6 is 0 Å². The molecule has 19 heavy (non-hydrogen) atoms. The Labute approximate surface area is 110 Å². The highest BCUT2D eigenvalue weighted by molar-refractivity contribution is 6.37. The van der Waals surface area contributed by atoms with Gasteiger partial charge < -0.3 is 14.8 Å². The highest BCUT2D eigenvalue weighted by Crippen LogP contribution is 2.19. The Balaban J connectivity index is 2.94. The molecule has 0 radical (unpaired) electrons. The van der Waals surface area contributed by atoms with Crippen molar-refractivity contribution in [3.63, 3.8) is 0 Å². The average Bonchev–Trinajstić information content (AvgIpc) is 2.40. The molecule has 0 aliphatic carbocycles. The van der Waals surface area contributed by atoms with E-state index in [1.165, 1.54) is 7.11 Å². The molecular formula is C13H15NO5. The van der Waals surface area contributed by atoms with Crippen molar-refractivity contribution in [2.75, 3.05) is 19.0 Å². The van der Waals surface area contributed by atoms with Crippen LogP contribution in [0.5, 0.6) is 0 Å². The van der Waals surface area contributed by atoms with Crippen molar-refractivity contribution >= 4 is 23.5 Å². The molecule has 1 aromatic carbocycles. The van der Waals surface area contributed by atoms with Gasteiger partial charge in [0, 0.05) is 5.69 Å². The first-order chi connectivity index (χ1) is 9.01. The van der Waals surface area contributed by atoms with E-state index in [9.17, 15) is 14.4 Å². The van der Waals surface area contributed by atoms with Crippen LogP contribution < -0.4 is 5.32 Å². The summed E-state index contributed by atoms with van der Waals surface area (Å²) in [7, 11) is 1.27. The van der Waals surface area contributed by atoms with E-state index in [0.29, 0.717) is 16.8 Å². The third-order valence-electron chi connectivity index (χ3n) is 2.45. The van der Waals surface area contributed by atoms with Crippen LogP contribution in [0.15, 0.2) is 18.2 Å². The van der Waals surface area contributed by atoms with Crippen molar-refractivity contribution < 1.29 is 23.9 Å². The van der Waals surface area contributed by atoms with E-state index in [1.807, 2.05) is 0 Å². The third-order valence-corrected chi connectivity index (χ3v) is 2.45. The summed E-state index contributed by atoms with van der Waals surface area (Å²) in [6.45, 7) is 3.37. The Morgan fingerprint density at radius 3 is 2.53 bits per heavy atom. The number of carbonyl (C=O) groups excluding carboxylic acids is 3. The molecule has 0 unspecified atom stereocenters. The zero-order valence-electron chi connectivity index (χ0n) is 11.0. The second kappa shape index (κ2) is 6.53. The third kappa shape index (κ3) is 3.54. The maximum Gasteiger partial charge on any atom is 0.397 e. The monoisotopic (exact) mass is 265 g/mol. The lowest BCUT2D eigenvalue weighted by Crippen LogP contribution is -2.25. The molecule has 6 nitrogen and oxygen atoms in total. The topological polar surface area (TPSA) is 81.7 Å². The number of nitrogens with one attached hydrogen (secondary N) is 1. The Hall–Kier alpha value is -2.37. The molecule has 0 bridgehead atoms. The molecule has 0 aliphatic rings. The van der Waals surface area contributed by atoms with Gasteiger partial charge in [0.25, 0.3) is 0 Å². The number of benzene rings is 1. The maximum atomic E-state index is 11.5. The molecule has 0 atom stereocenters. The SMILES string of the molecule is CCOC(=O)C(=O)Nc1cccc(C(=O)OC)c1C. The maximum absolute atomic E-state index is 11.5. The zero-order valence-corrected chi connectivity index (χ0v) is 11.0. The average molecular weight is 265 g/mol. The zero-order chi connectivity index (χ0) is 14.4. The summed E-state index contributed by atoms with van der Waals surface area (Å²) in [5, 5.41) is 2.39. The number of hydrogen-bond donors (Lipinski definition) is 1. The number of esters is 2. The Bertz CT molecular complexity index is 510. The molecule has 0 fully saturated rings. The van der Waals surface area contributed by atoms with E-state index < -0.39 is 17.8 Å². The minimum atomic E-state index is -0.967. The predicted molar refractivity (Wildman–Crippen MR) is 67.8 cm³/mol. The van der Waals surface area contributed by atoms with Gasteiger partial charge in [-0.25, -0.2) is 9.59 Å². The lowest BCUT2D eigenvalue weighted by Gasteiger charge is -2.10. The first kappa shape index (κ1) is 14.7. The van der Waals surface area contributed by atoms with Gasteiger partial charge in [-0.15, -0.1) is 0 Å². The molecular weight excluding hydrogens is 250 g/mol. The van der Waals surface area contributed by atoms with Gasteiger partial charge in [-0.3, -0.25) is 4.79 Å². The summed E-state index contributed by atoms with van der Waals surface area (Å²) < 4.78 is 9.19. The first-order valence-corrected chi connectivity index (χ1v) is 5.67. The van der Waals surface area contributed by atoms with Crippen molar-refractivity contribution in [1.29, 1.82) is 0 Å². The van der Waals surface area contributed by atoms with E-state index in [0.717, 1.165) is 0 Å². The molecule has 1 amide bonds. The summed E-state index contributed by atoms with van der Waals surface area (Å²) in [4.78, 5) is 34.2. The van der Waals surface area contributed by atoms with Crippen LogP contribution in [0.25, 0.3) is 0 Å². The Morgan fingerprint density at radius 1 is 1.26 bits per heavy atom. The number of rotatable bonds is 3. The standard InChI is InChI=1S/C13H15NO5/c1-4-19-13(17)11(15)14-10-7-5-6-9(8(10)2)12(16)18-3/h5-7H,4H2,1-3H3,(H,14,15). The van der Waals surface area contributed by atoms with Gasteiger partial charge in [-0.05, 0) is 31.5 Å². The summed E-state index contributed by atoms with van der Waals surface area (Å²) in [5.74, 6) is -2.36. The summed E-state index contributed by atoms with van der Waals surface area (Å²) in [5.41, 5.74) is 1.21. The normalized spacial score (nSPS) is 9.63. The molecule has 0 heterocycles. The van der Waals surface area contributed by atoms with Crippen LogP contribution in [0.3, 0.4) is 0 Å².